The maximum atomic E-state index is 14.2. The van der Waals surface area contributed by atoms with Crippen molar-refractivity contribution in [2.45, 2.75) is 129 Å². The molecule has 0 bridgehead atoms. The van der Waals surface area contributed by atoms with Gasteiger partial charge >= 0.3 is 6.09 Å². The number of alkyl carbamates (subject to hydrolysis) is 1. The normalized spacial score (nSPS) is 15.5. The number of nitrogens with one attached hydrogen (secondary N) is 2. The highest BCUT2D eigenvalue weighted by atomic mass is 16.6. The number of hydrogen-bond donors (Lipinski definition) is 3. The molecule has 1 aromatic carbocycles. The van der Waals surface area contributed by atoms with E-state index in [-0.39, 0.29) is 24.8 Å². The van der Waals surface area contributed by atoms with Crippen molar-refractivity contribution in [3.63, 3.8) is 0 Å². The lowest BCUT2D eigenvalue weighted by atomic mass is 9.94. The predicted molar refractivity (Wildman–Crippen MR) is 156 cm³/mol. The fraction of sp³-hybridized carbons (Fsp3) is 0.677. The van der Waals surface area contributed by atoms with Crippen molar-refractivity contribution in [1.29, 1.82) is 0 Å². The number of unbranched alkanes of at least 4 members (excludes halogenated alkanes) is 3. The van der Waals surface area contributed by atoms with E-state index in [4.69, 9.17) is 10.5 Å². The predicted octanol–water partition coefficient (Wildman–Crippen LogP) is 5.05. The van der Waals surface area contributed by atoms with Crippen molar-refractivity contribution >= 4 is 23.8 Å². The minimum Gasteiger partial charge on any atom is -0.444 e. The Morgan fingerprint density at radius 1 is 1.07 bits per heavy atom. The lowest BCUT2D eigenvalue weighted by Gasteiger charge is -2.36. The Morgan fingerprint density at radius 2 is 1.77 bits per heavy atom. The van der Waals surface area contributed by atoms with Crippen LogP contribution in [0.15, 0.2) is 24.3 Å². The molecule has 40 heavy (non-hydrogen) atoms. The SMILES string of the molecule is CCCCCCN(C(=O)C(CCC(N)=O)NC(=O)OC(C)(C)C)C(C(=O)NC1CCCCC1)c1cccc(C)c1. The topological polar surface area (TPSA) is 131 Å². The summed E-state index contributed by atoms with van der Waals surface area (Å²) in [4.78, 5) is 54.2. The Hall–Kier alpha value is -3.10. The molecule has 0 radical (unpaired) electrons. The van der Waals surface area contributed by atoms with Gasteiger partial charge in [-0.3, -0.25) is 14.4 Å². The zero-order valence-electron chi connectivity index (χ0n) is 25.1. The second kappa shape index (κ2) is 16.2. The number of amides is 4. The van der Waals surface area contributed by atoms with Crippen LogP contribution in [-0.2, 0) is 19.1 Å². The number of rotatable bonds is 14. The summed E-state index contributed by atoms with van der Waals surface area (Å²) in [7, 11) is 0. The summed E-state index contributed by atoms with van der Waals surface area (Å²) in [6, 6.07) is 5.73. The first-order chi connectivity index (χ1) is 18.9. The van der Waals surface area contributed by atoms with E-state index in [1.807, 2.05) is 31.2 Å². The van der Waals surface area contributed by atoms with Crippen molar-refractivity contribution in [1.82, 2.24) is 15.5 Å². The van der Waals surface area contributed by atoms with Crippen molar-refractivity contribution in [2.75, 3.05) is 6.54 Å². The summed E-state index contributed by atoms with van der Waals surface area (Å²) < 4.78 is 5.41. The molecule has 0 aliphatic heterocycles. The standard InChI is InChI=1S/C31H50N4O5/c1-6-7-8-12-20-35(29(38)25(18-19-26(32)36)34-30(39)40-31(3,4)5)27(23-15-13-14-22(2)21-23)28(37)33-24-16-10-9-11-17-24/h13-15,21,24-25,27H,6-12,16-20H2,1-5H3,(H2,32,36)(H,33,37)(H,34,39). The lowest BCUT2D eigenvalue weighted by molar-refractivity contribution is -0.143. The molecule has 1 aliphatic rings. The molecule has 4 N–H and O–H groups in total. The van der Waals surface area contributed by atoms with Crippen LogP contribution in [0.3, 0.4) is 0 Å². The fourth-order valence-electron chi connectivity index (χ4n) is 5.11. The van der Waals surface area contributed by atoms with Crippen LogP contribution >= 0.6 is 0 Å². The van der Waals surface area contributed by atoms with Gasteiger partial charge in [0, 0.05) is 19.0 Å². The zero-order chi connectivity index (χ0) is 29.7. The monoisotopic (exact) mass is 558 g/mol. The van der Waals surface area contributed by atoms with E-state index in [2.05, 4.69) is 17.6 Å². The highest BCUT2D eigenvalue weighted by Gasteiger charge is 2.37. The number of aryl methyl sites for hydroxylation is 1. The molecule has 0 heterocycles. The number of primary amides is 1. The molecule has 9 nitrogen and oxygen atoms in total. The van der Waals surface area contributed by atoms with Gasteiger partial charge < -0.3 is 26.0 Å². The Bertz CT molecular complexity index is 984. The third-order valence-electron chi connectivity index (χ3n) is 7.07. The highest BCUT2D eigenvalue weighted by molar-refractivity contribution is 5.92. The number of hydrogen-bond acceptors (Lipinski definition) is 5. The first-order valence-electron chi connectivity index (χ1n) is 14.9. The Labute approximate surface area is 240 Å². The molecule has 2 unspecified atom stereocenters. The van der Waals surface area contributed by atoms with Crippen LogP contribution in [0.2, 0.25) is 0 Å². The molecule has 1 saturated carbocycles. The van der Waals surface area contributed by atoms with Gasteiger partial charge in [-0.25, -0.2) is 4.79 Å². The molecule has 2 atom stereocenters. The van der Waals surface area contributed by atoms with E-state index in [9.17, 15) is 19.2 Å². The van der Waals surface area contributed by atoms with E-state index in [1.54, 1.807) is 25.7 Å². The number of ether oxygens (including phenoxy) is 1. The van der Waals surface area contributed by atoms with E-state index < -0.39 is 35.6 Å². The van der Waals surface area contributed by atoms with Crippen molar-refractivity contribution in [3.8, 4) is 0 Å². The maximum Gasteiger partial charge on any atom is 0.408 e. The van der Waals surface area contributed by atoms with Gasteiger partial charge in [-0.05, 0) is 58.9 Å². The van der Waals surface area contributed by atoms with Gasteiger partial charge in [-0.2, -0.15) is 0 Å². The van der Waals surface area contributed by atoms with Crippen LogP contribution in [0.4, 0.5) is 4.79 Å². The smallest absolute Gasteiger partial charge is 0.408 e. The van der Waals surface area contributed by atoms with E-state index in [0.717, 1.165) is 56.9 Å². The Morgan fingerprint density at radius 3 is 2.38 bits per heavy atom. The van der Waals surface area contributed by atoms with Crippen molar-refractivity contribution in [2.24, 2.45) is 5.73 Å². The quantitative estimate of drug-likeness (QED) is 0.275. The molecule has 224 valence electrons. The first-order valence-corrected chi connectivity index (χ1v) is 14.9. The second-order valence-corrected chi connectivity index (χ2v) is 12.0. The van der Waals surface area contributed by atoms with Gasteiger partial charge in [0.15, 0.2) is 0 Å². The second-order valence-electron chi connectivity index (χ2n) is 12.0. The minimum atomic E-state index is -1.08. The molecule has 0 saturated heterocycles. The summed E-state index contributed by atoms with van der Waals surface area (Å²) in [5.74, 6) is -1.25. The van der Waals surface area contributed by atoms with Crippen LogP contribution in [-0.4, -0.2) is 52.9 Å². The van der Waals surface area contributed by atoms with Crippen LogP contribution in [0.5, 0.6) is 0 Å². The fourth-order valence-corrected chi connectivity index (χ4v) is 5.11. The van der Waals surface area contributed by atoms with Gasteiger partial charge in [0.05, 0.1) is 0 Å². The molecule has 9 heteroatoms. The molecule has 1 aliphatic carbocycles. The zero-order valence-corrected chi connectivity index (χ0v) is 25.1. The highest BCUT2D eigenvalue weighted by Crippen LogP contribution is 2.27. The molecular weight excluding hydrogens is 508 g/mol. The summed E-state index contributed by atoms with van der Waals surface area (Å²) >= 11 is 0. The van der Waals surface area contributed by atoms with E-state index in [0.29, 0.717) is 18.5 Å². The number of carbonyl (C=O) groups is 4. The van der Waals surface area contributed by atoms with Gasteiger partial charge in [-0.1, -0.05) is 75.3 Å². The summed E-state index contributed by atoms with van der Waals surface area (Å²) in [6.45, 7) is 9.59. The van der Waals surface area contributed by atoms with E-state index in [1.165, 1.54) is 0 Å². The summed E-state index contributed by atoms with van der Waals surface area (Å²) in [5, 5.41) is 5.87. The molecule has 0 spiro atoms. The minimum absolute atomic E-state index is 0.00362. The molecule has 0 aromatic heterocycles. The Balaban J connectivity index is 2.47. The average Bonchev–Trinajstić information content (AvgIpc) is 2.87. The largest absolute Gasteiger partial charge is 0.444 e. The number of nitrogens with two attached hydrogens (primary N) is 1. The molecule has 1 fully saturated rings. The maximum absolute atomic E-state index is 14.2. The van der Waals surface area contributed by atoms with Crippen LogP contribution in [0, 0.1) is 6.92 Å². The third-order valence-corrected chi connectivity index (χ3v) is 7.07. The number of benzene rings is 1. The van der Waals surface area contributed by atoms with E-state index >= 15 is 0 Å². The number of nitrogens with zero attached hydrogens (tertiary/aromatic N) is 1. The summed E-state index contributed by atoms with van der Waals surface area (Å²) in [6.07, 6.45) is 7.89. The first kappa shape index (κ1) is 33.1. The molecule has 1 aromatic rings. The molecule has 4 amide bonds. The third kappa shape index (κ3) is 11.6. The number of carbonyl (C=O) groups excluding carboxylic acids is 4. The lowest BCUT2D eigenvalue weighted by Crippen LogP contribution is -2.54. The van der Waals surface area contributed by atoms with Crippen LogP contribution < -0.4 is 16.4 Å². The van der Waals surface area contributed by atoms with Crippen molar-refractivity contribution < 1.29 is 23.9 Å². The van der Waals surface area contributed by atoms with Crippen LogP contribution in [0.25, 0.3) is 0 Å². The molecule has 2 rings (SSSR count). The van der Waals surface area contributed by atoms with Crippen LogP contribution in [0.1, 0.15) is 115 Å². The Kier molecular flexibility index (Phi) is 13.4. The summed E-state index contributed by atoms with van der Waals surface area (Å²) in [5.41, 5.74) is 6.33. The van der Waals surface area contributed by atoms with Gasteiger partial charge in [0.2, 0.25) is 17.7 Å². The molecular formula is C31H50N4O5. The van der Waals surface area contributed by atoms with Gasteiger partial charge in [-0.15, -0.1) is 0 Å². The average molecular weight is 559 g/mol. The van der Waals surface area contributed by atoms with Crippen molar-refractivity contribution in [3.05, 3.63) is 35.4 Å². The van der Waals surface area contributed by atoms with Gasteiger partial charge in [0.1, 0.15) is 17.7 Å². The van der Waals surface area contributed by atoms with Gasteiger partial charge in [0.25, 0.3) is 0 Å².